The number of likely N-dealkylation sites (tertiary alicyclic amines) is 1. The summed E-state index contributed by atoms with van der Waals surface area (Å²) in [5, 5.41) is 10.9. The first-order valence-electron chi connectivity index (χ1n) is 6.86. The molecule has 0 bridgehead atoms. The molecule has 1 aliphatic heterocycles. The molecule has 0 spiro atoms. The van der Waals surface area contributed by atoms with Gasteiger partial charge in [-0.1, -0.05) is 19.4 Å². The van der Waals surface area contributed by atoms with E-state index in [9.17, 15) is 14.9 Å². The summed E-state index contributed by atoms with van der Waals surface area (Å²) in [7, 11) is 0. The summed E-state index contributed by atoms with van der Waals surface area (Å²) in [6.45, 7) is 3.51. The number of hydrogen-bond donors (Lipinski definition) is 1. The van der Waals surface area contributed by atoms with Crippen molar-refractivity contribution in [1.82, 2.24) is 4.90 Å². The molecule has 6 nitrogen and oxygen atoms in total. The number of carbonyl (C=O) groups excluding carboxylic acids is 1. The molecule has 1 heterocycles. The molecule has 20 heavy (non-hydrogen) atoms. The van der Waals surface area contributed by atoms with Gasteiger partial charge < -0.3 is 10.6 Å². The van der Waals surface area contributed by atoms with Crippen molar-refractivity contribution < 1.29 is 9.72 Å². The number of carbonyl (C=O) groups is 1. The maximum atomic E-state index is 12.5. The molecule has 0 aliphatic carbocycles. The number of hydrogen-bond acceptors (Lipinski definition) is 4. The highest BCUT2D eigenvalue weighted by molar-refractivity contribution is 6.01. The lowest BCUT2D eigenvalue weighted by Crippen LogP contribution is -2.40. The molecule has 1 fully saturated rings. The van der Waals surface area contributed by atoms with E-state index in [0.717, 1.165) is 19.3 Å². The van der Waals surface area contributed by atoms with E-state index in [1.807, 2.05) is 0 Å². The van der Waals surface area contributed by atoms with Crippen molar-refractivity contribution in [2.45, 2.75) is 26.2 Å². The standard InChI is InChI=1S/C14H19N3O3/c1-2-10-5-4-8-16(9-10)14(18)11-6-3-7-12(13(11)15)17(19)20/h3,6-7,10H,2,4-5,8-9,15H2,1H3. The van der Waals surface area contributed by atoms with Crippen molar-refractivity contribution in [2.24, 2.45) is 5.92 Å². The Morgan fingerprint density at radius 2 is 2.30 bits per heavy atom. The first kappa shape index (κ1) is 14.3. The van der Waals surface area contributed by atoms with E-state index < -0.39 is 4.92 Å². The van der Waals surface area contributed by atoms with Gasteiger partial charge in [0.15, 0.2) is 0 Å². The van der Waals surface area contributed by atoms with E-state index in [1.54, 1.807) is 11.0 Å². The molecular formula is C14H19N3O3. The number of rotatable bonds is 3. The third-order valence-electron chi connectivity index (χ3n) is 3.89. The molecule has 1 aliphatic rings. The third-order valence-corrected chi connectivity index (χ3v) is 3.89. The molecule has 1 saturated heterocycles. The molecular weight excluding hydrogens is 258 g/mol. The molecule has 1 atom stereocenters. The van der Waals surface area contributed by atoms with Crippen molar-refractivity contribution in [3.8, 4) is 0 Å². The molecule has 1 aromatic rings. The topological polar surface area (TPSA) is 89.5 Å². The summed E-state index contributed by atoms with van der Waals surface area (Å²) in [6, 6.07) is 4.38. The summed E-state index contributed by atoms with van der Waals surface area (Å²) in [6.07, 6.45) is 3.14. The summed E-state index contributed by atoms with van der Waals surface area (Å²) in [4.78, 5) is 24.6. The van der Waals surface area contributed by atoms with Crippen LogP contribution in [0.1, 0.15) is 36.5 Å². The highest BCUT2D eigenvalue weighted by atomic mass is 16.6. The average Bonchev–Trinajstić information content (AvgIpc) is 2.46. The monoisotopic (exact) mass is 277 g/mol. The number of amides is 1. The summed E-state index contributed by atoms with van der Waals surface area (Å²) in [5.41, 5.74) is 5.75. The van der Waals surface area contributed by atoms with Crippen LogP contribution in [0.3, 0.4) is 0 Å². The summed E-state index contributed by atoms with van der Waals surface area (Å²) >= 11 is 0. The van der Waals surface area contributed by atoms with Crippen LogP contribution in [0, 0.1) is 16.0 Å². The maximum Gasteiger partial charge on any atom is 0.292 e. The molecule has 0 radical (unpaired) electrons. The van der Waals surface area contributed by atoms with E-state index >= 15 is 0 Å². The fourth-order valence-corrected chi connectivity index (χ4v) is 2.65. The SMILES string of the molecule is CCC1CCCN(C(=O)c2cccc([N+](=O)[O-])c2N)C1. The maximum absolute atomic E-state index is 12.5. The van der Waals surface area contributed by atoms with Gasteiger partial charge in [0.05, 0.1) is 10.5 Å². The lowest BCUT2D eigenvalue weighted by molar-refractivity contribution is -0.383. The number of para-hydroxylation sites is 1. The van der Waals surface area contributed by atoms with Gasteiger partial charge in [-0.3, -0.25) is 14.9 Å². The van der Waals surface area contributed by atoms with Gasteiger partial charge in [0.1, 0.15) is 5.69 Å². The molecule has 1 amide bonds. The third kappa shape index (κ3) is 2.74. The average molecular weight is 277 g/mol. The fourth-order valence-electron chi connectivity index (χ4n) is 2.65. The zero-order valence-electron chi connectivity index (χ0n) is 11.5. The van der Waals surface area contributed by atoms with Crippen molar-refractivity contribution >= 4 is 17.3 Å². The van der Waals surface area contributed by atoms with Gasteiger partial charge in [0, 0.05) is 19.2 Å². The highest BCUT2D eigenvalue weighted by Crippen LogP contribution is 2.27. The number of nitrogens with two attached hydrogens (primary N) is 1. The first-order chi connectivity index (χ1) is 9.54. The molecule has 2 rings (SSSR count). The van der Waals surface area contributed by atoms with E-state index in [1.165, 1.54) is 12.1 Å². The largest absolute Gasteiger partial charge is 0.393 e. The second kappa shape index (κ2) is 5.90. The lowest BCUT2D eigenvalue weighted by Gasteiger charge is -2.32. The van der Waals surface area contributed by atoms with Gasteiger partial charge in [-0.15, -0.1) is 0 Å². The zero-order valence-corrected chi connectivity index (χ0v) is 11.5. The Morgan fingerprint density at radius 1 is 1.55 bits per heavy atom. The van der Waals surface area contributed by atoms with E-state index in [0.29, 0.717) is 19.0 Å². The minimum absolute atomic E-state index is 0.0406. The Morgan fingerprint density at radius 3 is 2.95 bits per heavy atom. The van der Waals surface area contributed by atoms with E-state index in [-0.39, 0.29) is 22.8 Å². The van der Waals surface area contributed by atoms with Crippen LogP contribution in [0.25, 0.3) is 0 Å². The lowest BCUT2D eigenvalue weighted by atomic mass is 9.95. The Hall–Kier alpha value is -2.11. The van der Waals surface area contributed by atoms with Gasteiger partial charge in [-0.05, 0) is 24.8 Å². The van der Waals surface area contributed by atoms with Crippen LogP contribution in [0.2, 0.25) is 0 Å². The molecule has 2 N–H and O–H groups in total. The molecule has 108 valence electrons. The smallest absolute Gasteiger partial charge is 0.292 e. The number of nitro benzene ring substituents is 1. The highest BCUT2D eigenvalue weighted by Gasteiger charge is 2.26. The first-order valence-corrected chi connectivity index (χ1v) is 6.86. The number of nitrogen functional groups attached to an aromatic ring is 1. The van der Waals surface area contributed by atoms with Crippen LogP contribution in [0.4, 0.5) is 11.4 Å². The number of anilines is 1. The molecule has 1 aromatic carbocycles. The Labute approximate surface area is 117 Å². The minimum atomic E-state index is -0.558. The second-order valence-electron chi connectivity index (χ2n) is 5.16. The molecule has 1 unspecified atom stereocenters. The van der Waals surface area contributed by atoms with Crippen molar-refractivity contribution in [1.29, 1.82) is 0 Å². The number of nitro groups is 1. The minimum Gasteiger partial charge on any atom is -0.393 e. The van der Waals surface area contributed by atoms with Gasteiger partial charge in [0.2, 0.25) is 0 Å². The van der Waals surface area contributed by atoms with Gasteiger partial charge in [0.25, 0.3) is 11.6 Å². The molecule has 0 aromatic heterocycles. The van der Waals surface area contributed by atoms with Crippen LogP contribution in [0.5, 0.6) is 0 Å². The second-order valence-corrected chi connectivity index (χ2v) is 5.16. The summed E-state index contributed by atoms with van der Waals surface area (Å²) in [5.74, 6) is 0.303. The van der Waals surface area contributed by atoms with Gasteiger partial charge >= 0.3 is 0 Å². The molecule has 0 saturated carbocycles. The van der Waals surface area contributed by atoms with Crippen LogP contribution >= 0.6 is 0 Å². The van der Waals surface area contributed by atoms with Gasteiger partial charge in [-0.25, -0.2) is 0 Å². The van der Waals surface area contributed by atoms with E-state index in [2.05, 4.69) is 6.92 Å². The van der Waals surface area contributed by atoms with Crippen molar-refractivity contribution in [3.63, 3.8) is 0 Å². The quantitative estimate of drug-likeness (QED) is 0.522. The Kier molecular flexibility index (Phi) is 4.22. The normalized spacial score (nSPS) is 18.9. The van der Waals surface area contributed by atoms with Crippen molar-refractivity contribution in [2.75, 3.05) is 18.8 Å². The fraction of sp³-hybridized carbons (Fsp3) is 0.500. The van der Waals surface area contributed by atoms with Crippen molar-refractivity contribution in [3.05, 3.63) is 33.9 Å². The van der Waals surface area contributed by atoms with Crippen LogP contribution in [0.15, 0.2) is 18.2 Å². The van der Waals surface area contributed by atoms with E-state index in [4.69, 9.17) is 5.73 Å². The number of benzene rings is 1. The summed E-state index contributed by atoms with van der Waals surface area (Å²) < 4.78 is 0. The Bertz CT molecular complexity index is 530. The van der Waals surface area contributed by atoms with Gasteiger partial charge in [-0.2, -0.15) is 0 Å². The van der Waals surface area contributed by atoms with Crippen LogP contribution in [-0.2, 0) is 0 Å². The van der Waals surface area contributed by atoms with Crippen LogP contribution < -0.4 is 5.73 Å². The number of piperidine rings is 1. The predicted molar refractivity (Wildman–Crippen MR) is 76.4 cm³/mol. The number of nitrogens with zero attached hydrogens (tertiary/aromatic N) is 2. The Balaban J connectivity index is 2.25. The molecule has 6 heteroatoms. The predicted octanol–water partition coefficient (Wildman–Crippen LogP) is 2.44. The zero-order chi connectivity index (χ0) is 14.7. The van der Waals surface area contributed by atoms with Crippen LogP contribution in [-0.4, -0.2) is 28.8 Å².